The number of amides is 2. The van der Waals surface area contributed by atoms with Crippen LogP contribution in [0.25, 0.3) is 0 Å². The molecule has 0 aliphatic rings. The second kappa shape index (κ2) is 5.72. The summed E-state index contributed by atoms with van der Waals surface area (Å²) in [5.41, 5.74) is 6.90. The molecule has 0 aliphatic heterocycles. The third-order valence-electron chi connectivity index (χ3n) is 2.33. The van der Waals surface area contributed by atoms with Gasteiger partial charge in [-0.25, -0.2) is 4.79 Å². The van der Waals surface area contributed by atoms with Crippen molar-refractivity contribution in [1.82, 2.24) is 15.1 Å². The van der Waals surface area contributed by atoms with Gasteiger partial charge in [0.2, 0.25) is 0 Å². The van der Waals surface area contributed by atoms with E-state index in [0.717, 1.165) is 0 Å². The van der Waals surface area contributed by atoms with E-state index in [9.17, 15) is 4.79 Å². The summed E-state index contributed by atoms with van der Waals surface area (Å²) in [6, 6.07) is 8.62. The van der Waals surface area contributed by atoms with Crippen LogP contribution in [0.15, 0.2) is 42.7 Å². The summed E-state index contributed by atoms with van der Waals surface area (Å²) >= 11 is 0. The Morgan fingerprint density at radius 2 is 2.28 bits per heavy atom. The highest BCUT2D eigenvalue weighted by molar-refractivity contribution is 5.89. The largest absolute Gasteiger partial charge is 0.399 e. The van der Waals surface area contributed by atoms with E-state index in [1.807, 2.05) is 12.3 Å². The number of aromatic nitrogens is 2. The highest BCUT2D eigenvalue weighted by Gasteiger charge is 2.01. The number of rotatable bonds is 4. The van der Waals surface area contributed by atoms with E-state index in [2.05, 4.69) is 15.7 Å². The average Bonchev–Trinajstić information content (AvgIpc) is 2.82. The molecule has 2 amide bonds. The third kappa shape index (κ3) is 3.51. The normalized spacial score (nSPS) is 10.0. The number of nitrogens with one attached hydrogen (secondary N) is 2. The molecule has 6 heteroatoms. The lowest BCUT2D eigenvalue weighted by Gasteiger charge is -2.08. The molecule has 1 heterocycles. The standard InChI is InChI=1S/C12H15N5O/c13-10-3-1-4-11(9-10)16-12(18)14-6-8-17-7-2-5-15-17/h1-5,7,9H,6,8,13H2,(H2,14,16,18). The number of nitrogens with zero attached hydrogens (tertiary/aromatic N) is 2. The second-order valence-corrected chi connectivity index (χ2v) is 3.78. The first-order chi connectivity index (χ1) is 8.74. The Balaban J connectivity index is 1.75. The molecule has 18 heavy (non-hydrogen) atoms. The van der Waals surface area contributed by atoms with Crippen molar-refractivity contribution in [3.63, 3.8) is 0 Å². The maximum atomic E-state index is 11.6. The Labute approximate surface area is 105 Å². The predicted molar refractivity (Wildman–Crippen MR) is 70.1 cm³/mol. The van der Waals surface area contributed by atoms with E-state index in [0.29, 0.717) is 24.5 Å². The zero-order valence-corrected chi connectivity index (χ0v) is 9.84. The molecular formula is C12H15N5O. The van der Waals surface area contributed by atoms with Gasteiger partial charge in [-0.15, -0.1) is 0 Å². The summed E-state index contributed by atoms with van der Waals surface area (Å²) in [6.07, 6.45) is 3.55. The monoisotopic (exact) mass is 245 g/mol. The van der Waals surface area contributed by atoms with Crippen molar-refractivity contribution in [2.24, 2.45) is 0 Å². The molecule has 6 nitrogen and oxygen atoms in total. The van der Waals surface area contributed by atoms with E-state index in [-0.39, 0.29) is 6.03 Å². The fraction of sp³-hybridized carbons (Fsp3) is 0.167. The van der Waals surface area contributed by atoms with Crippen LogP contribution >= 0.6 is 0 Å². The first-order valence-corrected chi connectivity index (χ1v) is 5.62. The second-order valence-electron chi connectivity index (χ2n) is 3.78. The zero-order valence-electron chi connectivity index (χ0n) is 9.84. The van der Waals surface area contributed by atoms with Crippen molar-refractivity contribution in [2.75, 3.05) is 17.6 Å². The van der Waals surface area contributed by atoms with E-state index in [1.165, 1.54) is 0 Å². The minimum Gasteiger partial charge on any atom is -0.399 e. The molecule has 2 aromatic rings. The Bertz CT molecular complexity index is 509. The van der Waals surface area contributed by atoms with E-state index >= 15 is 0 Å². The van der Waals surface area contributed by atoms with Gasteiger partial charge in [-0.1, -0.05) is 6.07 Å². The molecule has 0 radical (unpaired) electrons. The van der Waals surface area contributed by atoms with Gasteiger partial charge in [-0.05, 0) is 24.3 Å². The van der Waals surface area contributed by atoms with Crippen LogP contribution in [0.3, 0.4) is 0 Å². The maximum absolute atomic E-state index is 11.6. The molecule has 4 N–H and O–H groups in total. The van der Waals surface area contributed by atoms with Crippen molar-refractivity contribution in [3.05, 3.63) is 42.7 Å². The molecule has 1 aromatic carbocycles. The molecule has 0 aliphatic carbocycles. The third-order valence-corrected chi connectivity index (χ3v) is 2.33. The van der Waals surface area contributed by atoms with Crippen molar-refractivity contribution in [2.45, 2.75) is 6.54 Å². The van der Waals surface area contributed by atoms with Crippen LogP contribution < -0.4 is 16.4 Å². The van der Waals surface area contributed by atoms with Crippen molar-refractivity contribution < 1.29 is 4.79 Å². The van der Waals surface area contributed by atoms with Crippen molar-refractivity contribution >= 4 is 17.4 Å². The fourth-order valence-electron chi connectivity index (χ4n) is 1.51. The van der Waals surface area contributed by atoms with Gasteiger partial charge in [0.25, 0.3) is 0 Å². The number of nitrogen functional groups attached to an aromatic ring is 1. The fourth-order valence-corrected chi connectivity index (χ4v) is 1.51. The molecule has 0 bridgehead atoms. The van der Waals surface area contributed by atoms with Crippen LogP contribution in [-0.4, -0.2) is 22.4 Å². The molecule has 0 saturated carbocycles. The van der Waals surface area contributed by atoms with Gasteiger partial charge in [0, 0.05) is 30.3 Å². The van der Waals surface area contributed by atoms with E-state index in [1.54, 1.807) is 35.1 Å². The van der Waals surface area contributed by atoms with Crippen LogP contribution in [0.4, 0.5) is 16.2 Å². The molecule has 0 saturated heterocycles. The topological polar surface area (TPSA) is 85.0 Å². The summed E-state index contributed by atoms with van der Waals surface area (Å²) in [5, 5.41) is 9.48. The summed E-state index contributed by atoms with van der Waals surface area (Å²) in [6.45, 7) is 1.15. The highest BCUT2D eigenvalue weighted by atomic mass is 16.2. The number of benzene rings is 1. The Morgan fingerprint density at radius 1 is 1.39 bits per heavy atom. The molecule has 1 aromatic heterocycles. The lowest BCUT2D eigenvalue weighted by atomic mass is 10.3. The van der Waals surface area contributed by atoms with E-state index in [4.69, 9.17) is 5.73 Å². The van der Waals surface area contributed by atoms with E-state index < -0.39 is 0 Å². The lowest BCUT2D eigenvalue weighted by molar-refractivity contribution is 0.251. The van der Waals surface area contributed by atoms with Gasteiger partial charge in [-0.3, -0.25) is 4.68 Å². The Morgan fingerprint density at radius 3 is 3.00 bits per heavy atom. The first-order valence-electron chi connectivity index (χ1n) is 5.62. The summed E-state index contributed by atoms with van der Waals surface area (Å²) < 4.78 is 1.75. The maximum Gasteiger partial charge on any atom is 0.319 e. The minimum atomic E-state index is -0.257. The van der Waals surface area contributed by atoms with Gasteiger partial charge in [0.05, 0.1) is 6.54 Å². The highest BCUT2D eigenvalue weighted by Crippen LogP contribution is 2.11. The van der Waals surface area contributed by atoms with Crippen molar-refractivity contribution in [1.29, 1.82) is 0 Å². The lowest BCUT2D eigenvalue weighted by Crippen LogP contribution is -2.31. The number of anilines is 2. The molecule has 0 unspecified atom stereocenters. The first kappa shape index (κ1) is 12.0. The Kier molecular flexibility index (Phi) is 3.80. The van der Waals surface area contributed by atoms with Gasteiger partial charge in [0.15, 0.2) is 0 Å². The van der Waals surface area contributed by atoms with Gasteiger partial charge in [-0.2, -0.15) is 5.10 Å². The number of urea groups is 1. The number of nitrogens with two attached hydrogens (primary N) is 1. The molecule has 0 atom stereocenters. The smallest absolute Gasteiger partial charge is 0.319 e. The van der Waals surface area contributed by atoms with Gasteiger partial charge < -0.3 is 16.4 Å². The summed E-state index contributed by atoms with van der Waals surface area (Å²) in [5.74, 6) is 0. The number of carbonyl (C=O) groups excluding carboxylic acids is 1. The number of hydrogen-bond acceptors (Lipinski definition) is 3. The number of carbonyl (C=O) groups is 1. The van der Waals surface area contributed by atoms with Crippen molar-refractivity contribution in [3.8, 4) is 0 Å². The zero-order chi connectivity index (χ0) is 12.8. The van der Waals surface area contributed by atoms with Crippen LogP contribution in [0.1, 0.15) is 0 Å². The van der Waals surface area contributed by atoms with Crippen LogP contribution in [0.2, 0.25) is 0 Å². The minimum absolute atomic E-state index is 0.257. The molecule has 0 fully saturated rings. The molecular weight excluding hydrogens is 230 g/mol. The SMILES string of the molecule is Nc1cccc(NC(=O)NCCn2cccn2)c1. The predicted octanol–water partition coefficient (Wildman–Crippen LogP) is 1.29. The Hall–Kier alpha value is -2.50. The van der Waals surface area contributed by atoms with Gasteiger partial charge in [0.1, 0.15) is 0 Å². The molecule has 0 spiro atoms. The van der Waals surface area contributed by atoms with Crippen LogP contribution in [-0.2, 0) is 6.54 Å². The van der Waals surface area contributed by atoms with Crippen LogP contribution in [0, 0.1) is 0 Å². The molecule has 2 rings (SSSR count). The van der Waals surface area contributed by atoms with Gasteiger partial charge >= 0.3 is 6.03 Å². The number of hydrogen-bond donors (Lipinski definition) is 3. The summed E-state index contributed by atoms with van der Waals surface area (Å²) in [7, 11) is 0. The van der Waals surface area contributed by atoms with Crippen LogP contribution in [0.5, 0.6) is 0 Å². The molecule has 94 valence electrons. The summed E-state index contributed by atoms with van der Waals surface area (Å²) in [4.78, 5) is 11.6. The quantitative estimate of drug-likeness (QED) is 0.709. The average molecular weight is 245 g/mol.